The Morgan fingerprint density at radius 2 is 1.83 bits per heavy atom. The Morgan fingerprint density at radius 3 is 2.45 bits per heavy atom. The number of aryl methyl sites for hydroxylation is 3. The molecule has 1 aliphatic rings. The van der Waals surface area contributed by atoms with Crippen molar-refractivity contribution in [1.82, 2.24) is 18.7 Å². The predicted octanol–water partition coefficient (Wildman–Crippen LogP) is 0.0512. The molecule has 29 heavy (non-hydrogen) atoms. The highest BCUT2D eigenvalue weighted by Gasteiger charge is 2.30. The van der Waals surface area contributed by atoms with Crippen LogP contribution in [-0.4, -0.2) is 31.2 Å². The molecule has 0 amide bonds. The van der Waals surface area contributed by atoms with E-state index in [0.717, 1.165) is 16.8 Å². The molecule has 0 N–H and O–H groups in total. The van der Waals surface area contributed by atoms with Crippen molar-refractivity contribution in [2.24, 2.45) is 13.0 Å². The van der Waals surface area contributed by atoms with E-state index in [-0.39, 0.29) is 17.1 Å². The highest BCUT2D eigenvalue weighted by atomic mass is 16.4. The number of anilines is 2. The summed E-state index contributed by atoms with van der Waals surface area (Å²) in [6.45, 7) is 6.59. The summed E-state index contributed by atoms with van der Waals surface area (Å²) in [7, 11) is 1.49. The summed E-state index contributed by atoms with van der Waals surface area (Å²) in [5, 5.41) is 11.1. The molecular formula is C20H22N5O4-. The largest absolute Gasteiger partial charge is 0.548 e. The van der Waals surface area contributed by atoms with Gasteiger partial charge >= 0.3 is 5.69 Å². The van der Waals surface area contributed by atoms with E-state index in [1.807, 2.05) is 18.7 Å². The monoisotopic (exact) mass is 396 g/mol. The third-order valence-electron chi connectivity index (χ3n) is 5.25. The lowest BCUT2D eigenvalue weighted by Gasteiger charge is -2.33. The second-order valence-electron chi connectivity index (χ2n) is 7.86. The fourth-order valence-corrected chi connectivity index (χ4v) is 4.10. The number of aliphatic carboxylic acids is 1. The molecule has 0 saturated carbocycles. The number of carboxylic acids is 1. The van der Waals surface area contributed by atoms with Crippen molar-refractivity contribution >= 4 is 28.8 Å². The van der Waals surface area contributed by atoms with Gasteiger partial charge in [0.1, 0.15) is 0 Å². The maximum Gasteiger partial charge on any atom is 0.332 e. The lowest BCUT2D eigenvalue weighted by atomic mass is 10.1. The summed E-state index contributed by atoms with van der Waals surface area (Å²) in [6, 6.07) is 6.20. The Morgan fingerprint density at radius 1 is 1.17 bits per heavy atom. The number of carbonyl (C=O) groups is 1. The van der Waals surface area contributed by atoms with Gasteiger partial charge in [-0.25, -0.2) is 4.79 Å². The minimum atomic E-state index is -1.49. The molecule has 9 heteroatoms. The van der Waals surface area contributed by atoms with Gasteiger partial charge in [-0.2, -0.15) is 4.98 Å². The number of hydrogen-bond acceptors (Lipinski definition) is 6. The second kappa shape index (κ2) is 6.61. The van der Waals surface area contributed by atoms with Crippen molar-refractivity contribution in [2.45, 2.75) is 33.9 Å². The van der Waals surface area contributed by atoms with Crippen LogP contribution in [0, 0.1) is 19.8 Å². The van der Waals surface area contributed by atoms with E-state index < -0.39 is 23.8 Å². The minimum Gasteiger partial charge on any atom is -0.548 e. The Bertz CT molecular complexity index is 1250. The number of benzene rings is 1. The Balaban J connectivity index is 2.02. The second-order valence-corrected chi connectivity index (χ2v) is 7.86. The lowest BCUT2D eigenvalue weighted by Crippen LogP contribution is -2.44. The molecule has 9 nitrogen and oxygen atoms in total. The number of rotatable bonds is 3. The van der Waals surface area contributed by atoms with E-state index in [2.05, 4.69) is 30.1 Å². The summed E-state index contributed by atoms with van der Waals surface area (Å²) >= 11 is 0. The summed E-state index contributed by atoms with van der Waals surface area (Å²) in [5.41, 5.74) is 2.27. The van der Waals surface area contributed by atoms with Crippen molar-refractivity contribution in [1.29, 1.82) is 0 Å². The van der Waals surface area contributed by atoms with E-state index in [0.29, 0.717) is 23.6 Å². The molecule has 152 valence electrons. The number of carbonyl (C=O) groups excluding carboxylic acids is 1. The summed E-state index contributed by atoms with van der Waals surface area (Å²) < 4.78 is 3.69. The van der Waals surface area contributed by atoms with Crippen LogP contribution in [0.5, 0.6) is 0 Å². The van der Waals surface area contributed by atoms with E-state index in [4.69, 9.17) is 0 Å². The molecule has 0 radical (unpaired) electrons. The van der Waals surface area contributed by atoms with Gasteiger partial charge in [-0.3, -0.25) is 13.9 Å². The van der Waals surface area contributed by atoms with E-state index >= 15 is 0 Å². The smallest absolute Gasteiger partial charge is 0.332 e. The third kappa shape index (κ3) is 3.02. The number of hydrogen-bond donors (Lipinski definition) is 0. The number of aromatic nitrogens is 4. The number of fused-ring (bicyclic) bond motifs is 3. The van der Waals surface area contributed by atoms with E-state index in [1.165, 1.54) is 11.6 Å². The number of nitrogens with zero attached hydrogens (tertiary/aromatic N) is 5. The first-order chi connectivity index (χ1) is 13.7. The van der Waals surface area contributed by atoms with Crippen molar-refractivity contribution in [2.75, 3.05) is 11.4 Å². The van der Waals surface area contributed by atoms with Gasteiger partial charge in [0, 0.05) is 25.8 Å². The van der Waals surface area contributed by atoms with Crippen LogP contribution in [0.3, 0.4) is 0 Å². The molecule has 1 atom stereocenters. The van der Waals surface area contributed by atoms with Crippen LogP contribution in [0.1, 0.15) is 18.1 Å². The Kier molecular flexibility index (Phi) is 4.33. The summed E-state index contributed by atoms with van der Waals surface area (Å²) in [6.07, 6.45) is 0. The van der Waals surface area contributed by atoms with Crippen LogP contribution >= 0.6 is 0 Å². The molecule has 0 saturated heterocycles. The summed E-state index contributed by atoms with van der Waals surface area (Å²) in [4.78, 5) is 43.3. The van der Waals surface area contributed by atoms with Crippen LogP contribution < -0.4 is 21.3 Å². The van der Waals surface area contributed by atoms with Gasteiger partial charge in [0.25, 0.3) is 5.56 Å². The molecule has 0 spiro atoms. The van der Waals surface area contributed by atoms with Crippen LogP contribution in [0.15, 0.2) is 27.8 Å². The highest BCUT2D eigenvalue weighted by molar-refractivity contribution is 5.77. The zero-order valence-corrected chi connectivity index (χ0v) is 16.8. The average molecular weight is 396 g/mol. The minimum absolute atomic E-state index is 0.215. The molecule has 2 aromatic heterocycles. The first-order valence-electron chi connectivity index (χ1n) is 9.43. The fourth-order valence-electron chi connectivity index (χ4n) is 4.10. The number of carboxylic acid groups (broad SMARTS) is 1. The first-order valence-corrected chi connectivity index (χ1v) is 9.43. The molecule has 4 rings (SSSR count). The Labute approximate surface area is 166 Å². The topological polar surface area (TPSA) is 105 Å². The normalized spacial score (nSPS) is 16.3. The SMILES string of the molecule is Cc1cc(C)cc(N2C[C@@H](C)Cn3c2nc2c3c(=O)n(CC(=O)[O-])c(=O)n2C)c1. The molecule has 3 aromatic rings. The van der Waals surface area contributed by atoms with Crippen molar-refractivity contribution in [3.63, 3.8) is 0 Å². The van der Waals surface area contributed by atoms with Crippen molar-refractivity contribution < 1.29 is 9.90 Å². The molecule has 3 heterocycles. The maximum absolute atomic E-state index is 13.0. The zero-order valence-electron chi connectivity index (χ0n) is 16.8. The molecule has 0 bridgehead atoms. The van der Waals surface area contributed by atoms with Crippen LogP contribution in [0.4, 0.5) is 11.6 Å². The van der Waals surface area contributed by atoms with Crippen molar-refractivity contribution in [3.05, 3.63) is 50.2 Å². The van der Waals surface area contributed by atoms with Crippen LogP contribution in [0.2, 0.25) is 0 Å². The van der Waals surface area contributed by atoms with Crippen LogP contribution in [0.25, 0.3) is 11.2 Å². The van der Waals surface area contributed by atoms with Crippen molar-refractivity contribution in [3.8, 4) is 0 Å². The fraction of sp³-hybridized carbons (Fsp3) is 0.400. The van der Waals surface area contributed by atoms with E-state index in [1.54, 1.807) is 4.57 Å². The standard InChI is InChI=1S/C20H23N5O4/c1-11-5-12(2)7-14(6-11)23-8-13(3)9-24-16-17(21-19(23)24)22(4)20(29)25(18(16)28)10-15(26)27/h5-7,13H,8-10H2,1-4H3,(H,26,27)/p-1/t13-/m1/s1. The van der Waals surface area contributed by atoms with Gasteiger partial charge < -0.3 is 19.4 Å². The molecule has 1 aromatic carbocycles. The third-order valence-corrected chi connectivity index (χ3v) is 5.25. The highest BCUT2D eigenvalue weighted by Crippen LogP contribution is 2.33. The zero-order chi connectivity index (χ0) is 21.0. The summed E-state index contributed by atoms with van der Waals surface area (Å²) in [5.74, 6) is -0.708. The van der Waals surface area contributed by atoms with Gasteiger partial charge in [-0.05, 0) is 43.0 Å². The number of imidazole rings is 1. The van der Waals surface area contributed by atoms with Gasteiger partial charge in [0.05, 0.1) is 12.5 Å². The van der Waals surface area contributed by atoms with Gasteiger partial charge in [-0.15, -0.1) is 0 Å². The molecule has 0 unspecified atom stereocenters. The molecule has 0 aliphatic carbocycles. The van der Waals surface area contributed by atoms with Crippen LogP contribution in [-0.2, 0) is 24.9 Å². The van der Waals surface area contributed by atoms with E-state index in [9.17, 15) is 19.5 Å². The first kappa shape index (κ1) is 19.0. The predicted molar refractivity (Wildman–Crippen MR) is 106 cm³/mol. The molecular weight excluding hydrogens is 374 g/mol. The quantitative estimate of drug-likeness (QED) is 0.620. The Hall–Kier alpha value is -3.36. The average Bonchev–Trinajstić information content (AvgIpc) is 3.01. The maximum atomic E-state index is 13.0. The van der Waals surface area contributed by atoms with Gasteiger partial charge in [-0.1, -0.05) is 13.0 Å². The lowest BCUT2D eigenvalue weighted by molar-refractivity contribution is -0.306. The molecule has 0 fully saturated rings. The van der Waals surface area contributed by atoms with Gasteiger partial charge in [0.15, 0.2) is 11.2 Å². The molecule has 1 aliphatic heterocycles. The van der Waals surface area contributed by atoms with Gasteiger partial charge in [0.2, 0.25) is 5.95 Å².